The number of aryl methyl sites for hydroxylation is 1. The number of hydrogen-bond acceptors (Lipinski definition) is 5. The molecule has 0 aliphatic carbocycles. The zero-order chi connectivity index (χ0) is 13.4. The summed E-state index contributed by atoms with van der Waals surface area (Å²) in [6.07, 6.45) is 0.925. The summed E-state index contributed by atoms with van der Waals surface area (Å²) in [5.41, 5.74) is 5.24. The molecular formula is C11H19N5O2. The van der Waals surface area contributed by atoms with Gasteiger partial charge in [0.15, 0.2) is 0 Å². The van der Waals surface area contributed by atoms with E-state index in [0.29, 0.717) is 18.3 Å². The summed E-state index contributed by atoms with van der Waals surface area (Å²) in [6, 6.07) is 0.0301. The van der Waals surface area contributed by atoms with Gasteiger partial charge in [-0.05, 0) is 12.3 Å². The summed E-state index contributed by atoms with van der Waals surface area (Å²) in [7, 11) is 3.00. The normalized spacial score (nSPS) is 24.3. The molecule has 0 radical (unpaired) electrons. The predicted molar refractivity (Wildman–Crippen MR) is 68.7 cm³/mol. The Kier molecular flexibility index (Phi) is 3.25. The van der Waals surface area contributed by atoms with Crippen LogP contribution in [0.25, 0.3) is 0 Å². The van der Waals surface area contributed by atoms with Gasteiger partial charge in [0.25, 0.3) is 5.56 Å². The first-order valence-corrected chi connectivity index (χ1v) is 6.06. The first-order chi connectivity index (χ1) is 8.41. The van der Waals surface area contributed by atoms with Gasteiger partial charge in [0.05, 0.1) is 0 Å². The van der Waals surface area contributed by atoms with E-state index in [1.165, 1.54) is 18.8 Å². The molecule has 2 rings (SSSR count). The molecule has 1 aliphatic rings. The van der Waals surface area contributed by atoms with E-state index >= 15 is 0 Å². The number of hydrogen-bond donors (Lipinski definition) is 1. The number of anilines is 1. The maximum Gasteiger partial charge on any atom is 0.346 e. The lowest BCUT2D eigenvalue weighted by atomic mass is 9.94. The van der Waals surface area contributed by atoms with Crippen molar-refractivity contribution < 1.29 is 0 Å². The lowest BCUT2D eigenvalue weighted by Gasteiger charge is -2.35. The van der Waals surface area contributed by atoms with Crippen LogP contribution in [0, 0.1) is 5.92 Å². The number of nitrogens with two attached hydrogens (primary N) is 1. The van der Waals surface area contributed by atoms with Crippen LogP contribution in [0.3, 0.4) is 0 Å². The van der Waals surface area contributed by atoms with E-state index in [2.05, 4.69) is 12.0 Å². The fraction of sp³-hybridized carbons (Fsp3) is 0.727. The second-order valence-corrected chi connectivity index (χ2v) is 4.97. The lowest BCUT2D eigenvalue weighted by Crippen LogP contribution is -2.51. The summed E-state index contributed by atoms with van der Waals surface area (Å²) >= 11 is 0. The molecule has 2 atom stereocenters. The molecular weight excluding hydrogens is 234 g/mol. The Morgan fingerprint density at radius 3 is 2.61 bits per heavy atom. The van der Waals surface area contributed by atoms with Crippen molar-refractivity contribution in [3.8, 4) is 0 Å². The molecule has 7 nitrogen and oxygen atoms in total. The minimum atomic E-state index is -0.418. The average molecular weight is 253 g/mol. The van der Waals surface area contributed by atoms with Crippen molar-refractivity contribution in [2.24, 2.45) is 25.7 Å². The fourth-order valence-electron chi connectivity index (χ4n) is 2.17. The molecule has 0 amide bonds. The molecule has 1 aromatic rings. The third-order valence-corrected chi connectivity index (χ3v) is 3.62. The summed E-state index contributed by atoms with van der Waals surface area (Å²) in [5, 5.41) is 4.06. The minimum absolute atomic E-state index is 0.0301. The standard InChI is InChI=1S/C11H19N5O2/c1-7-4-5-16(6-8(7)12)9-10(17)14(2)11(18)15(3)13-9/h7-8H,4-6,12H2,1-3H3. The highest BCUT2D eigenvalue weighted by Gasteiger charge is 2.26. The molecule has 0 bridgehead atoms. The Hall–Kier alpha value is -1.63. The van der Waals surface area contributed by atoms with Crippen LogP contribution in [-0.2, 0) is 14.1 Å². The SMILES string of the molecule is CC1CCN(c2nn(C)c(=O)n(C)c2=O)CC1N. The number of aromatic nitrogens is 3. The third kappa shape index (κ3) is 2.05. The molecule has 1 aromatic heterocycles. The molecule has 1 fully saturated rings. The van der Waals surface area contributed by atoms with Crippen LogP contribution in [0.1, 0.15) is 13.3 Å². The smallest absolute Gasteiger partial charge is 0.346 e. The van der Waals surface area contributed by atoms with E-state index in [9.17, 15) is 9.59 Å². The van der Waals surface area contributed by atoms with E-state index in [4.69, 9.17) is 5.73 Å². The average Bonchev–Trinajstić information content (AvgIpc) is 2.35. The monoisotopic (exact) mass is 253 g/mol. The van der Waals surface area contributed by atoms with Gasteiger partial charge in [-0.1, -0.05) is 6.92 Å². The van der Waals surface area contributed by atoms with Gasteiger partial charge in [-0.3, -0.25) is 9.36 Å². The zero-order valence-corrected chi connectivity index (χ0v) is 11.0. The van der Waals surface area contributed by atoms with Gasteiger partial charge >= 0.3 is 5.69 Å². The molecule has 0 saturated carbocycles. The van der Waals surface area contributed by atoms with Crippen LogP contribution in [-0.4, -0.2) is 33.5 Å². The maximum absolute atomic E-state index is 12.0. The van der Waals surface area contributed by atoms with Gasteiger partial charge in [0.2, 0.25) is 5.82 Å². The quantitative estimate of drug-likeness (QED) is 0.669. The molecule has 0 spiro atoms. The first-order valence-electron chi connectivity index (χ1n) is 6.06. The van der Waals surface area contributed by atoms with Gasteiger partial charge in [-0.2, -0.15) is 0 Å². The van der Waals surface area contributed by atoms with E-state index in [1.54, 1.807) is 0 Å². The Bertz CT molecular complexity index is 562. The Morgan fingerprint density at radius 2 is 2.00 bits per heavy atom. The molecule has 1 saturated heterocycles. The van der Waals surface area contributed by atoms with Crippen LogP contribution in [0.15, 0.2) is 9.59 Å². The number of nitrogens with zero attached hydrogens (tertiary/aromatic N) is 4. The van der Waals surface area contributed by atoms with Gasteiger partial charge in [-0.15, -0.1) is 5.10 Å². The van der Waals surface area contributed by atoms with Crippen LogP contribution in [0.2, 0.25) is 0 Å². The van der Waals surface area contributed by atoms with Gasteiger partial charge in [0, 0.05) is 33.2 Å². The van der Waals surface area contributed by atoms with Crippen molar-refractivity contribution in [3.63, 3.8) is 0 Å². The third-order valence-electron chi connectivity index (χ3n) is 3.62. The molecule has 100 valence electrons. The van der Waals surface area contributed by atoms with Crippen molar-refractivity contribution in [2.45, 2.75) is 19.4 Å². The Balaban J connectivity index is 2.41. The number of rotatable bonds is 1. The molecule has 0 aromatic carbocycles. The predicted octanol–water partition coefficient (Wildman–Crippen LogP) is -1.35. The fourth-order valence-corrected chi connectivity index (χ4v) is 2.17. The Labute approximate surface area is 105 Å². The van der Waals surface area contributed by atoms with Gasteiger partial charge in [0.1, 0.15) is 0 Å². The van der Waals surface area contributed by atoms with Crippen molar-refractivity contribution >= 4 is 5.82 Å². The molecule has 2 heterocycles. The highest BCUT2D eigenvalue weighted by molar-refractivity contribution is 5.35. The van der Waals surface area contributed by atoms with Crippen molar-refractivity contribution in [1.82, 2.24) is 14.3 Å². The van der Waals surface area contributed by atoms with Crippen molar-refractivity contribution in [1.29, 1.82) is 0 Å². The zero-order valence-electron chi connectivity index (χ0n) is 11.0. The Morgan fingerprint density at radius 1 is 1.33 bits per heavy atom. The highest BCUT2D eigenvalue weighted by Crippen LogP contribution is 2.17. The molecule has 7 heteroatoms. The summed E-state index contributed by atoms with van der Waals surface area (Å²) in [4.78, 5) is 25.5. The largest absolute Gasteiger partial charge is 0.349 e. The van der Waals surface area contributed by atoms with Crippen LogP contribution < -0.4 is 21.9 Å². The molecule has 1 aliphatic heterocycles. The highest BCUT2D eigenvalue weighted by atomic mass is 16.2. The second-order valence-electron chi connectivity index (χ2n) is 4.97. The maximum atomic E-state index is 12.0. The summed E-state index contributed by atoms with van der Waals surface area (Å²) in [5.74, 6) is 0.750. The van der Waals surface area contributed by atoms with E-state index in [1.807, 2.05) is 4.90 Å². The van der Waals surface area contributed by atoms with Crippen LogP contribution in [0.4, 0.5) is 5.82 Å². The van der Waals surface area contributed by atoms with Crippen molar-refractivity contribution in [3.05, 3.63) is 20.8 Å². The van der Waals surface area contributed by atoms with Crippen molar-refractivity contribution in [2.75, 3.05) is 18.0 Å². The summed E-state index contributed by atoms with van der Waals surface area (Å²) < 4.78 is 2.26. The molecule has 2 N–H and O–H groups in total. The van der Waals surface area contributed by atoms with E-state index in [0.717, 1.165) is 17.5 Å². The number of piperidine rings is 1. The minimum Gasteiger partial charge on any atom is -0.349 e. The van der Waals surface area contributed by atoms with E-state index < -0.39 is 5.69 Å². The molecule has 18 heavy (non-hydrogen) atoms. The first kappa shape index (κ1) is 12.8. The van der Waals surface area contributed by atoms with Gasteiger partial charge < -0.3 is 10.6 Å². The van der Waals surface area contributed by atoms with Crippen LogP contribution >= 0.6 is 0 Å². The second kappa shape index (κ2) is 4.56. The van der Waals surface area contributed by atoms with Crippen LogP contribution in [0.5, 0.6) is 0 Å². The van der Waals surface area contributed by atoms with E-state index in [-0.39, 0.29) is 11.6 Å². The lowest BCUT2D eigenvalue weighted by molar-refractivity contribution is 0.374. The van der Waals surface area contributed by atoms with Gasteiger partial charge in [-0.25, -0.2) is 9.48 Å². The molecule has 2 unspecified atom stereocenters. The summed E-state index contributed by atoms with van der Waals surface area (Å²) in [6.45, 7) is 3.45. The topological polar surface area (TPSA) is 86.2 Å².